The third kappa shape index (κ3) is 6.61. The number of carbonyl (C=O) groups excluding carboxylic acids is 1. The van der Waals surface area contributed by atoms with E-state index in [-0.39, 0.29) is 18.7 Å². The fourth-order valence-corrected chi connectivity index (χ4v) is 3.79. The van der Waals surface area contributed by atoms with Crippen molar-refractivity contribution in [1.82, 2.24) is 10.2 Å². The minimum atomic E-state index is -0.252. The van der Waals surface area contributed by atoms with E-state index in [1.54, 1.807) is 0 Å². The molecule has 1 unspecified atom stereocenters. The molecule has 1 aliphatic rings. The zero-order valence-electron chi connectivity index (χ0n) is 16.5. The Balaban J connectivity index is 1.95. The number of anilines is 1. The van der Waals surface area contributed by atoms with Gasteiger partial charge in [-0.3, -0.25) is 4.90 Å². The molecule has 1 atom stereocenters. The minimum Gasteiger partial charge on any atom is -0.394 e. The van der Waals surface area contributed by atoms with Gasteiger partial charge in [0.2, 0.25) is 0 Å². The van der Waals surface area contributed by atoms with Gasteiger partial charge in [-0.1, -0.05) is 51.3 Å². The Bertz CT molecular complexity index is 556. The minimum absolute atomic E-state index is 0.0440. The lowest BCUT2D eigenvalue weighted by atomic mass is 9.94. The van der Waals surface area contributed by atoms with E-state index in [2.05, 4.69) is 42.5 Å². The third-order valence-electron chi connectivity index (χ3n) is 5.19. The van der Waals surface area contributed by atoms with Crippen molar-refractivity contribution in [3.63, 3.8) is 0 Å². The summed E-state index contributed by atoms with van der Waals surface area (Å²) >= 11 is 0. The summed E-state index contributed by atoms with van der Waals surface area (Å²) in [6.45, 7) is 4.95. The molecule has 0 aliphatic heterocycles. The first-order chi connectivity index (χ1) is 12.5. The van der Waals surface area contributed by atoms with Crippen LogP contribution in [0.5, 0.6) is 0 Å². The highest BCUT2D eigenvalue weighted by atomic mass is 16.3. The highest BCUT2D eigenvalue weighted by Gasteiger charge is 2.19. The van der Waals surface area contributed by atoms with Gasteiger partial charge >= 0.3 is 6.03 Å². The summed E-state index contributed by atoms with van der Waals surface area (Å²) in [5, 5.41) is 15.3. The van der Waals surface area contributed by atoms with Gasteiger partial charge in [-0.15, -0.1) is 0 Å². The number of carbonyl (C=O) groups is 1. The van der Waals surface area contributed by atoms with Crippen LogP contribution in [-0.2, 0) is 6.54 Å². The van der Waals surface area contributed by atoms with Crippen molar-refractivity contribution in [2.75, 3.05) is 19.0 Å². The number of hydrogen-bond donors (Lipinski definition) is 3. The van der Waals surface area contributed by atoms with Crippen LogP contribution in [0.3, 0.4) is 0 Å². The molecule has 2 rings (SSSR count). The number of benzene rings is 1. The molecule has 5 heteroatoms. The lowest BCUT2D eigenvalue weighted by Gasteiger charge is -2.31. The van der Waals surface area contributed by atoms with Crippen LogP contribution in [0.4, 0.5) is 10.5 Å². The van der Waals surface area contributed by atoms with E-state index in [0.717, 1.165) is 24.2 Å². The van der Waals surface area contributed by atoms with Gasteiger partial charge in [-0.25, -0.2) is 4.79 Å². The summed E-state index contributed by atoms with van der Waals surface area (Å²) < 4.78 is 0. The molecule has 3 N–H and O–H groups in total. The molecule has 1 aliphatic carbocycles. The molecule has 1 aromatic carbocycles. The summed E-state index contributed by atoms with van der Waals surface area (Å²) in [4.78, 5) is 14.8. The topological polar surface area (TPSA) is 64.6 Å². The number of urea groups is 1. The van der Waals surface area contributed by atoms with Crippen molar-refractivity contribution < 1.29 is 9.90 Å². The fourth-order valence-electron chi connectivity index (χ4n) is 3.79. The van der Waals surface area contributed by atoms with Crippen LogP contribution in [0.15, 0.2) is 24.3 Å². The fraction of sp³-hybridized carbons (Fsp3) is 0.667. The summed E-state index contributed by atoms with van der Waals surface area (Å²) in [7, 11) is 2.18. The standard InChI is InChI=1S/C21H35N3O2/c1-16(2)13-18(15-25)22-21(26)23-20-12-8-7-9-17(20)14-24(3)19-10-5-4-6-11-19/h7-9,12,16,18-19,25H,4-6,10-11,13-15H2,1-3H3,(H2,22,23,26). The van der Waals surface area contributed by atoms with Crippen LogP contribution < -0.4 is 10.6 Å². The molecule has 1 aromatic rings. The Morgan fingerprint density at radius 2 is 1.92 bits per heavy atom. The number of aliphatic hydroxyl groups is 1. The SMILES string of the molecule is CC(C)CC(CO)NC(=O)Nc1ccccc1CN(C)C1CCCCC1. The molecular weight excluding hydrogens is 326 g/mol. The Kier molecular flexibility index (Phi) is 8.39. The Labute approximate surface area is 158 Å². The Morgan fingerprint density at radius 1 is 1.23 bits per heavy atom. The molecule has 5 nitrogen and oxygen atoms in total. The monoisotopic (exact) mass is 361 g/mol. The van der Waals surface area contributed by atoms with Gasteiger partial charge < -0.3 is 15.7 Å². The first-order valence-corrected chi connectivity index (χ1v) is 9.96. The number of aliphatic hydroxyl groups excluding tert-OH is 1. The molecule has 26 heavy (non-hydrogen) atoms. The largest absolute Gasteiger partial charge is 0.394 e. The molecular formula is C21H35N3O2. The molecule has 1 saturated carbocycles. The molecule has 0 radical (unpaired) electrons. The van der Waals surface area contributed by atoms with E-state index in [1.807, 2.05) is 18.2 Å². The number of rotatable bonds is 8. The first-order valence-electron chi connectivity index (χ1n) is 9.96. The van der Waals surface area contributed by atoms with E-state index >= 15 is 0 Å². The average Bonchev–Trinajstić information content (AvgIpc) is 2.63. The Hall–Kier alpha value is -1.59. The molecule has 2 amide bonds. The highest BCUT2D eigenvalue weighted by Crippen LogP contribution is 2.24. The van der Waals surface area contributed by atoms with Crippen LogP contribution in [0, 0.1) is 5.92 Å². The van der Waals surface area contributed by atoms with Crippen LogP contribution in [0.25, 0.3) is 0 Å². The normalized spacial score (nSPS) is 16.7. The number of amides is 2. The maximum absolute atomic E-state index is 12.4. The molecule has 0 heterocycles. The van der Waals surface area contributed by atoms with Crippen LogP contribution in [0.1, 0.15) is 57.9 Å². The van der Waals surface area contributed by atoms with Crippen molar-refractivity contribution in [2.24, 2.45) is 5.92 Å². The second-order valence-corrected chi connectivity index (χ2v) is 7.97. The molecule has 0 aromatic heterocycles. The number of para-hydroxylation sites is 1. The maximum Gasteiger partial charge on any atom is 0.319 e. The molecule has 146 valence electrons. The quantitative estimate of drug-likeness (QED) is 0.656. The summed E-state index contributed by atoms with van der Waals surface area (Å²) in [6, 6.07) is 8.15. The van der Waals surface area contributed by atoms with Crippen molar-refractivity contribution in [3.05, 3.63) is 29.8 Å². The van der Waals surface area contributed by atoms with E-state index in [1.165, 1.54) is 32.1 Å². The summed E-state index contributed by atoms with van der Waals surface area (Å²) in [5.41, 5.74) is 1.97. The van der Waals surface area contributed by atoms with Crippen LogP contribution in [0.2, 0.25) is 0 Å². The van der Waals surface area contributed by atoms with Crippen molar-refractivity contribution in [3.8, 4) is 0 Å². The van der Waals surface area contributed by atoms with Gasteiger partial charge in [0, 0.05) is 18.3 Å². The number of nitrogens with zero attached hydrogens (tertiary/aromatic N) is 1. The number of hydrogen-bond acceptors (Lipinski definition) is 3. The van der Waals surface area contributed by atoms with E-state index in [0.29, 0.717) is 12.0 Å². The smallest absolute Gasteiger partial charge is 0.319 e. The van der Waals surface area contributed by atoms with Gasteiger partial charge in [0.15, 0.2) is 0 Å². The average molecular weight is 362 g/mol. The van der Waals surface area contributed by atoms with E-state index in [9.17, 15) is 9.90 Å². The van der Waals surface area contributed by atoms with Gasteiger partial charge in [-0.05, 0) is 43.9 Å². The third-order valence-corrected chi connectivity index (χ3v) is 5.19. The summed E-state index contributed by atoms with van der Waals surface area (Å²) in [6.07, 6.45) is 7.27. The lowest BCUT2D eigenvalue weighted by molar-refractivity contribution is 0.185. The second-order valence-electron chi connectivity index (χ2n) is 7.97. The summed E-state index contributed by atoms with van der Waals surface area (Å²) in [5.74, 6) is 0.420. The van der Waals surface area contributed by atoms with E-state index in [4.69, 9.17) is 0 Å². The lowest BCUT2D eigenvalue weighted by Crippen LogP contribution is -2.41. The maximum atomic E-state index is 12.4. The Morgan fingerprint density at radius 3 is 2.58 bits per heavy atom. The highest BCUT2D eigenvalue weighted by molar-refractivity contribution is 5.90. The van der Waals surface area contributed by atoms with Gasteiger partial charge in [0.25, 0.3) is 0 Å². The predicted molar refractivity (Wildman–Crippen MR) is 107 cm³/mol. The molecule has 0 saturated heterocycles. The van der Waals surface area contributed by atoms with Gasteiger partial charge in [0.05, 0.1) is 12.6 Å². The van der Waals surface area contributed by atoms with Crippen LogP contribution in [-0.4, -0.2) is 41.8 Å². The van der Waals surface area contributed by atoms with Crippen molar-refractivity contribution in [2.45, 2.75) is 71.0 Å². The van der Waals surface area contributed by atoms with Crippen molar-refractivity contribution >= 4 is 11.7 Å². The number of nitrogens with one attached hydrogen (secondary N) is 2. The first kappa shape index (κ1) is 20.7. The molecule has 1 fully saturated rings. The van der Waals surface area contributed by atoms with Gasteiger partial charge in [0.1, 0.15) is 0 Å². The zero-order chi connectivity index (χ0) is 18.9. The van der Waals surface area contributed by atoms with E-state index < -0.39 is 0 Å². The zero-order valence-corrected chi connectivity index (χ0v) is 16.5. The van der Waals surface area contributed by atoms with Crippen molar-refractivity contribution in [1.29, 1.82) is 0 Å². The molecule has 0 bridgehead atoms. The van der Waals surface area contributed by atoms with Gasteiger partial charge in [-0.2, -0.15) is 0 Å². The van der Waals surface area contributed by atoms with Crippen LogP contribution >= 0.6 is 0 Å². The second kappa shape index (κ2) is 10.5. The molecule has 0 spiro atoms. The predicted octanol–water partition coefficient (Wildman–Crippen LogP) is 3.98.